The molecule has 1 rings (SSSR count). The Morgan fingerprint density at radius 1 is 1.53 bits per heavy atom. The molecule has 0 aromatic carbocycles. The fourth-order valence-corrected chi connectivity index (χ4v) is 2.18. The van der Waals surface area contributed by atoms with Gasteiger partial charge in [-0.1, -0.05) is 6.92 Å². The van der Waals surface area contributed by atoms with E-state index in [2.05, 4.69) is 12.2 Å². The van der Waals surface area contributed by atoms with Gasteiger partial charge in [0.15, 0.2) is 0 Å². The molecule has 0 spiro atoms. The summed E-state index contributed by atoms with van der Waals surface area (Å²) in [6.45, 7) is 9.48. The molecule has 1 atom stereocenters. The highest BCUT2D eigenvalue weighted by atomic mass is 16.5. The van der Waals surface area contributed by atoms with Crippen LogP contribution < -0.4 is 5.32 Å². The largest absolute Gasteiger partial charge is 0.378 e. The fraction of sp³-hybridized carbons (Fsp3) is 0.923. The molecule has 0 aromatic heterocycles. The SMILES string of the molecule is CCCN(C(=O)CCOC(C)C)C1CCNC1. The van der Waals surface area contributed by atoms with Crippen molar-refractivity contribution in [1.29, 1.82) is 0 Å². The highest BCUT2D eigenvalue weighted by Gasteiger charge is 2.25. The lowest BCUT2D eigenvalue weighted by molar-refractivity contribution is -0.134. The summed E-state index contributed by atoms with van der Waals surface area (Å²) in [5.74, 6) is 0.237. The Morgan fingerprint density at radius 2 is 2.29 bits per heavy atom. The normalized spacial score (nSPS) is 19.9. The Hall–Kier alpha value is -0.610. The predicted molar refractivity (Wildman–Crippen MR) is 69.0 cm³/mol. The molecular weight excluding hydrogens is 216 g/mol. The van der Waals surface area contributed by atoms with E-state index in [0.717, 1.165) is 32.5 Å². The molecule has 17 heavy (non-hydrogen) atoms. The zero-order chi connectivity index (χ0) is 12.7. The number of carbonyl (C=O) groups excluding carboxylic acids is 1. The van der Waals surface area contributed by atoms with E-state index in [-0.39, 0.29) is 12.0 Å². The number of hydrogen-bond acceptors (Lipinski definition) is 3. The van der Waals surface area contributed by atoms with Crippen LogP contribution in [0, 0.1) is 0 Å². The van der Waals surface area contributed by atoms with Crippen LogP contribution >= 0.6 is 0 Å². The van der Waals surface area contributed by atoms with Gasteiger partial charge >= 0.3 is 0 Å². The first-order valence-corrected chi connectivity index (χ1v) is 6.77. The van der Waals surface area contributed by atoms with Crippen LogP contribution in [-0.2, 0) is 9.53 Å². The molecule has 4 heteroatoms. The summed E-state index contributed by atoms with van der Waals surface area (Å²) in [5.41, 5.74) is 0. The molecule has 0 bridgehead atoms. The van der Waals surface area contributed by atoms with Crippen LogP contribution in [0.1, 0.15) is 40.0 Å². The Labute approximate surface area is 105 Å². The molecule has 4 nitrogen and oxygen atoms in total. The van der Waals surface area contributed by atoms with Crippen molar-refractivity contribution in [2.24, 2.45) is 0 Å². The standard InChI is InChI=1S/C13H26N2O2/c1-4-8-15(12-5-7-14-10-12)13(16)6-9-17-11(2)3/h11-12,14H,4-10H2,1-3H3. The van der Waals surface area contributed by atoms with Gasteiger partial charge in [-0.2, -0.15) is 0 Å². The number of amides is 1. The minimum atomic E-state index is 0.204. The second kappa shape index (κ2) is 7.67. The van der Waals surface area contributed by atoms with Crippen molar-refractivity contribution in [2.45, 2.75) is 52.2 Å². The Morgan fingerprint density at radius 3 is 2.82 bits per heavy atom. The molecule has 1 amide bonds. The molecule has 0 radical (unpaired) electrons. The Balaban J connectivity index is 2.37. The first-order chi connectivity index (χ1) is 8.15. The van der Waals surface area contributed by atoms with Crippen LogP contribution in [0.5, 0.6) is 0 Å². The van der Waals surface area contributed by atoms with Crippen molar-refractivity contribution < 1.29 is 9.53 Å². The molecule has 1 heterocycles. The summed E-state index contributed by atoms with van der Waals surface area (Å²) in [7, 11) is 0. The smallest absolute Gasteiger partial charge is 0.225 e. The van der Waals surface area contributed by atoms with Crippen LogP contribution in [-0.4, -0.2) is 49.2 Å². The summed E-state index contributed by atoms with van der Waals surface area (Å²) in [6, 6.07) is 0.390. The van der Waals surface area contributed by atoms with E-state index in [1.807, 2.05) is 18.7 Å². The van der Waals surface area contributed by atoms with Crippen molar-refractivity contribution in [3.8, 4) is 0 Å². The summed E-state index contributed by atoms with van der Waals surface area (Å²) in [5, 5.41) is 3.32. The van der Waals surface area contributed by atoms with Crippen LogP contribution in [0.3, 0.4) is 0 Å². The van der Waals surface area contributed by atoms with E-state index in [0.29, 0.717) is 19.1 Å². The van der Waals surface area contributed by atoms with Gasteiger partial charge in [0, 0.05) is 19.1 Å². The van der Waals surface area contributed by atoms with E-state index in [1.54, 1.807) is 0 Å². The fourth-order valence-electron chi connectivity index (χ4n) is 2.18. The summed E-state index contributed by atoms with van der Waals surface area (Å²) in [6.07, 6.45) is 2.81. The maximum atomic E-state index is 12.1. The van der Waals surface area contributed by atoms with E-state index in [1.165, 1.54) is 0 Å². The molecule has 0 saturated carbocycles. The molecule has 100 valence electrons. The lowest BCUT2D eigenvalue weighted by Gasteiger charge is -2.28. The van der Waals surface area contributed by atoms with Crippen LogP contribution in [0.4, 0.5) is 0 Å². The minimum Gasteiger partial charge on any atom is -0.378 e. The van der Waals surface area contributed by atoms with E-state index in [9.17, 15) is 4.79 Å². The number of ether oxygens (including phenoxy) is 1. The number of carbonyl (C=O) groups is 1. The van der Waals surface area contributed by atoms with E-state index >= 15 is 0 Å². The van der Waals surface area contributed by atoms with Crippen molar-refractivity contribution >= 4 is 5.91 Å². The minimum absolute atomic E-state index is 0.204. The molecule has 0 aliphatic carbocycles. The summed E-state index contributed by atoms with van der Waals surface area (Å²) >= 11 is 0. The molecule has 1 fully saturated rings. The van der Waals surface area contributed by atoms with Gasteiger partial charge in [0.25, 0.3) is 0 Å². The lowest BCUT2D eigenvalue weighted by atomic mass is 10.2. The third kappa shape index (κ3) is 5.04. The topological polar surface area (TPSA) is 41.6 Å². The maximum Gasteiger partial charge on any atom is 0.225 e. The van der Waals surface area contributed by atoms with Gasteiger partial charge in [-0.05, 0) is 33.2 Å². The van der Waals surface area contributed by atoms with Crippen molar-refractivity contribution in [2.75, 3.05) is 26.2 Å². The molecular formula is C13H26N2O2. The summed E-state index contributed by atoms with van der Waals surface area (Å²) in [4.78, 5) is 14.2. The van der Waals surface area contributed by atoms with Crippen LogP contribution in [0.25, 0.3) is 0 Å². The molecule has 1 saturated heterocycles. The van der Waals surface area contributed by atoms with E-state index in [4.69, 9.17) is 4.74 Å². The molecule has 0 aromatic rings. The van der Waals surface area contributed by atoms with Crippen molar-refractivity contribution in [1.82, 2.24) is 10.2 Å². The van der Waals surface area contributed by atoms with Gasteiger partial charge in [-0.25, -0.2) is 0 Å². The Kier molecular flexibility index (Phi) is 6.52. The summed E-state index contributed by atoms with van der Waals surface area (Å²) < 4.78 is 5.44. The monoisotopic (exact) mass is 242 g/mol. The maximum absolute atomic E-state index is 12.1. The van der Waals surface area contributed by atoms with Crippen molar-refractivity contribution in [3.63, 3.8) is 0 Å². The average Bonchev–Trinajstić information content (AvgIpc) is 2.78. The average molecular weight is 242 g/mol. The van der Waals surface area contributed by atoms with Gasteiger partial charge in [-0.3, -0.25) is 4.79 Å². The first-order valence-electron chi connectivity index (χ1n) is 6.77. The zero-order valence-electron chi connectivity index (χ0n) is 11.4. The second-order valence-corrected chi connectivity index (χ2v) is 4.90. The van der Waals surface area contributed by atoms with Gasteiger partial charge in [0.05, 0.1) is 19.1 Å². The third-order valence-electron chi connectivity index (χ3n) is 3.03. The number of rotatable bonds is 7. The molecule has 1 aliphatic rings. The third-order valence-corrected chi connectivity index (χ3v) is 3.03. The van der Waals surface area contributed by atoms with Gasteiger partial charge in [-0.15, -0.1) is 0 Å². The highest BCUT2D eigenvalue weighted by molar-refractivity contribution is 5.76. The zero-order valence-corrected chi connectivity index (χ0v) is 11.4. The van der Waals surface area contributed by atoms with Crippen LogP contribution in [0.2, 0.25) is 0 Å². The molecule has 1 aliphatic heterocycles. The number of nitrogens with one attached hydrogen (secondary N) is 1. The van der Waals surface area contributed by atoms with Crippen LogP contribution in [0.15, 0.2) is 0 Å². The second-order valence-electron chi connectivity index (χ2n) is 4.90. The predicted octanol–water partition coefficient (Wildman–Crippen LogP) is 1.40. The lowest BCUT2D eigenvalue weighted by Crippen LogP contribution is -2.42. The number of hydrogen-bond donors (Lipinski definition) is 1. The Bertz CT molecular complexity index is 225. The number of nitrogens with zero attached hydrogens (tertiary/aromatic N) is 1. The molecule has 1 unspecified atom stereocenters. The first kappa shape index (κ1) is 14.5. The van der Waals surface area contributed by atoms with Gasteiger partial charge in [0.2, 0.25) is 5.91 Å². The molecule has 1 N–H and O–H groups in total. The quantitative estimate of drug-likeness (QED) is 0.734. The van der Waals surface area contributed by atoms with E-state index < -0.39 is 0 Å². The van der Waals surface area contributed by atoms with Gasteiger partial charge in [0.1, 0.15) is 0 Å². The van der Waals surface area contributed by atoms with Gasteiger partial charge < -0.3 is 15.0 Å². The van der Waals surface area contributed by atoms with Crippen molar-refractivity contribution in [3.05, 3.63) is 0 Å². The highest BCUT2D eigenvalue weighted by Crippen LogP contribution is 2.11.